The molecule has 1 N–H and O–H groups in total. The van der Waals surface area contributed by atoms with Gasteiger partial charge >= 0.3 is 0 Å². The molecule has 0 radical (unpaired) electrons. The number of benzene rings is 1. The number of phenolic OH excluding ortho intramolecular Hbond substituents is 1. The molecule has 106 valence electrons. The first kappa shape index (κ1) is 13.6. The molecule has 1 aromatic carbocycles. The summed E-state index contributed by atoms with van der Waals surface area (Å²) in [5, 5.41) is 13.9. The third kappa shape index (κ3) is 2.73. The molecule has 0 spiro atoms. The first-order chi connectivity index (χ1) is 10.2. The predicted octanol–water partition coefficient (Wildman–Crippen LogP) is 3.28. The van der Waals surface area contributed by atoms with Crippen LogP contribution in [0.25, 0.3) is 22.8 Å². The van der Waals surface area contributed by atoms with Crippen LogP contribution in [0.4, 0.5) is 0 Å². The molecular weight excluding hydrogens is 338 g/mol. The van der Waals surface area contributed by atoms with Crippen LogP contribution in [0, 0.1) is 0 Å². The number of pyridine rings is 1. The molecule has 0 unspecified atom stereocenters. The highest BCUT2D eigenvalue weighted by molar-refractivity contribution is 9.10. The van der Waals surface area contributed by atoms with Crippen LogP contribution in [0.1, 0.15) is 0 Å². The summed E-state index contributed by atoms with van der Waals surface area (Å²) >= 11 is 3.34. The SMILES string of the molecule is COc1ccc(-c2nc(-c3cncc(Br)c3)no2)c(O)c1. The number of aromatic hydroxyl groups is 1. The number of ether oxygens (including phenoxy) is 1. The zero-order valence-electron chi connectivity index (χ0n) is 10.9. The highest BCUT2D eigenvalue weighted by Gasteiger charge is 2.15. The van der Waals surface area contributed by atoms with Crippen molar-refractivity contribution in [3.8, 4) is 34.3 Å². The summed E-state index contributed by atoms with van der Waals surface area (Å²) in [6.07, 6.45) is 3.30. The number of hydrogen-bond donors (Lipinski definition) is 1. The van der Waals surface area contributed by atoms with Gasteiger partial charge in [-0.2, -0.15) is 4.98 Å². The fraction of sp³-hybridized carbons (Fsp3) is 0.0714. The molecule has 0 saturated carbocycles. The summed E-state index contributed by atoms with van der Waals surface area (Å²) in [6, 6.07) is 6.68. The van der Waals surface area contributed by atoms with Gasteiger partial charge in [-0.15, -0.1) is 0 Å². The third-order valence-electron chi connectivity index (χ3n) is 2.82. The maximum atomic E-state index is 9.97. The molecule has 2 heterocycles. The van der Waals surface area contributed by atoms with Crippen molar-refractivity contribution in [2.24, 2.45) is 0 Å². The predicted molar refractivity (Wildman–Crippen MR) is 78.9 cm³/mol. The maximum absolute atomic E-state index is 9.97. The van der Waals surface area contributed by atoms with Crippen molar-refractivity contribution in [1.29, 1.82) is 0 Å². The van der Waals surface area contributed by atoms with Crippen molar-refractivity contribution in [2.75, 3.05) is 7.11 Å². The number of methoxy groups -OCH3 is 1. The molecule has 3 rings (SSSR count). The Kier molecular flexibility index (Phi) is 3.57. The maximum Gasteiger partial charge on any atom is 0.262 e. The van der Waals surface area contributed by atoms with Crippen LogP contribution in [-0.4, -0.2) is 27.3 Å². The molecule has 7 heteroatoms. The van der Waals surface area contributed by atoms with Gasteiger partial charge in [0, 0.05) is 28.5 Å². The summed E-state index contributed by atoms with van der Waals surface area (Å²) in [5.41, 5.74) is 1.16. The van der Waals surface area contributed by atoms with Gasteiger partial charge in [0.1, 0.15) is 11.5 Å². The molecule has 0 bridgehead atoms. The van der Waals surface area contributed by atoms with E-state index in [4.69, 9.17) is 9.26 Å². The van der Waals surface area contributed by atoms with Gasteiger partial charge in [-0.3, -0.25) is 4.98 Å². The van der Waals surface area contributed by atoms with Gasteiger partial charge < -0.3 is 14.4 Å². The standard InChI is InChI=1S/C14H10BrN3O3/c1-20-10-2-3-11(12(19)5-10)14-17-13(18-21-14)8-4-9(15)7-16-6-8/h2-7,19H,1H3. The van der Waals surface area contributed by atoms with Gasteiger partial charge in [0.2, 0.25) is 5.82 Å². The monoisotopic (exact) mass is 347 g/mol. The van der Waals surface area contributed by atoms with Gasteiger partial charge in [-0.1, -0.05) is 5.16 Å². The van der Waals surface area contributed by atoms with E-state index < -0.39 is 0 Å². The van der Waals surface area contributed by atoms with Crippen molar-refractivity contribution in [3.05, 3.63) is 41.1 Å². The number of rotatable bonds is 3. The number of halogens is 1. The fourth-order valence-electron chi connectivity index (χ4n) is 1.80. The number of hydrogen-bond acceptors (Lipinski definition) is 6. The molecule has 0 atom stereocenters. The lowest BCUT2D eigenvalue weighted by Gasteiger charge is -2.02. The Morgan fingerprint density at radius 3 is 2.81 bits per heavy atom. The quantitative estimate of drug-likeness (QED) is 0.782. The molecule has 2 aromatic heterocycles. The van der Waals surface area contributed by atoms with Gasteiger partial charge in [0.15, 0.2) is 0 Å². The molecule has 0 aliphatic heterocycles. The second-order valence-electron chi connectivity index (χ2n) is 4.20. The van der Waals surface area contributed by atoms with Crippen molar-refractivity contribution >= 4 is 15.9 Å². The molecule has 3 aromatic rings. The molecule has 0 amide bonds. The van der Waals surface area contributed by atoms with Crippen molar-refractivity contribution in [3.63, 3.8) is 0 Å². The normalized spacial score (nSPS) is 10.6. The zero-order chi connectivity index (χ0) is 14.8. The van der Waals surface area contributed by atoms with E-state index in [1.165, 1.54) is 13.2 Å². The molecule has 21 heavy (non-hydrogen) atoms. The van der Waals surface area contributed by atoms with Crippen molar-refractivity contribution in [1.82, 2.24) is 15.1 Å². The van der Waals surface area contributed by atoms with E-state index in [1.54, 1.807) is 24.5 Å². The van der Waals surface area contributed by atoms with Crippen LogP contribution in [0.15, 0.2) is 45.7 Å². The Morgan fingerprint density at radius 1 is 1.24 bits per heavy atom. The zero-order valence-corrected chi connectivity index (χ0v) is 12.5. The van der Waals surface area contributed by atoms with E-state index in [0.29, 0.717) is 22.7 Å². The highest BCUT2D eigenvalue weighted by Crippen LogP contribution is 2.32. The van der Waals surface area contributed by atoms with E-state index in [1.807, 2.05) is 6.07 Å². The minimum atomic E-state index is 0.0110. The van der Waals surface area contributed by atoms with Gasteiger partial charge in [0.25, 0.3) is 5.89 Å². The average molecular weight is 348 g/mol. The number of nitrogens with zero attached hydrogens (tertiary/aromatic N) is 3. The summed E-state index contributed by atoms with van der Waals surface area (Å²) in [6.45, 7) is 0. The Morgan fingerprint density at radius 2 is 2.10 bits per heavy atom. The van der Waals surface area contributed by atoms with Crippen LogP contribution in [0.5, 0.6) is 11.5 Å². The summed E-state index contributed by atoms with van der Waals surface area (Å²) < 4.78 is 11.0. The van der Waals surface area contributed by atoms with Crippen molar-refractivity contribution < 1.29 is 14.4 Å². The topological polar surface area (TPSA) is 81.3 Å². The van der Waals surface area contributed by atoms with Crippen LogP contribution in [0.2, 0.25) is 0 Å². The van der Waals surface area contributed by atoms with Gasteiger partial charge in [-0.25, -0.2) is 0 Å². The largest absolute Gasteiger partial charge is 0.507 e. The first-order valence-corrected chi connectivity index (χ1v) is 6.78. The van der Waals surface area contributed by atoms with E-state index in [-0.39, 0.29) is 11.6 Å². The van der Waals surface area contributed by atoms with Crippen LogP contribution < -0.4 is 4.74 Å². The first-order valence-electron chi connectivity index (χ1n) is 5.99. The van der Waals surface area contributed by atoms with E-state index in [0.717, 1.165) is 4.47 Å². The lowest BCUT2D eigenvalue weighted by Crippen LogP contribution is -1.85. The van der Waals surface area contributed by atoms with Crippen LogP contribution in [0.3, 0.4) is 0 Å². The number of phenols is 1. The van der Waals surface area contributed by atoms with Crippen LogP contribution in [-0.2, 0) is 0 Å². The van der Waals surface area contributed by atoms with Crippen LogP contribution >= 0.6 is 15.9 Å². The number of aromatic nitrogens is 3. The van der Waals surface area contributed by atoms with Gasteiger partial charge in [0.05, 0.1) is 12.7 Å². The average Bonchev–Trinajstić information content (AvgIpc) is 2.96. The second kappa shape index (κ2) is 5.53. The Balaban J connectivity index is 1.98. The van der Waals surface area contributed by atoms with E-state index >= 15 is 0 Å². The smallest absolute Gasteiger partial charge is 0.262 e. The Labute approximate surface area is 128 Å². The molecule has 6 nitrogen and oxygen atoms in total. The summed E-state index contributed by atoms with van der Waals surface area (Å²) in [5.74, 6) is 1.18. The molecule has 0 aliphatic carbocycles. The molecule has 0 fully saturated rings. The van der Waals surface area contributed by atoms with E-state index in [9.17, 15) is 5.11 Å². The lowest BCUT2D eigenvalue weighted by molar-refractivity contribution is 0.405. The fourth-order valence-corrected chi connectivity index (χ4v) is 2.17. The van der Waals surface area contributed by atoms with Gasteiger partial charge in [-0.05, 0) is 34.1 Å². The minimum absolute atomic E-state index is 0.0110. The third-order valence-corrected chi connectivity index (χ3v) is 3.26. The lowest BCUT2D eigenvalue weighted by atomic mass is 10.2. The minimum Gasteiger partial charge on any atom is -0.507 e. The Bertz CT molecular complexity index is 789. The molecule has 0 aliphatic rings. The summed E-state index contributed by atoms with van der Waals surface area (Å²) in [4.78, 5) is 8.32. The van der Waals surface area contributed by atoms with E-state index in [2.05, 4.69) is 31.1 Å². The second-order valence-corrected chi connectivity index (χ2v) is 5.11. The summed E-state index contributed by atoms with van der Waals surface area (Å²) in [7, 11) is 1.53. The van der Waals surface area contributed by atoms with Crippen molar-refractivity contribution in [2.45, 2.75) is 0 Å². The molecular formula is C14H10BrN3O3. The molecule has 0 saturated heterocycles. The highest BCUT2D eigenvalue weighted by atomic mass is 79.9. The Hall–Kier alpha value is -2.41.